The monoisotopic (exact) mass is 289 g/mol. The van der Waals surface area contributed by atoms with Crippen LogP contribution in [-0.4, -0.2) is 17.6 Å². The third-order valence-corrected chi connectivity index (χ3v) is 4.00. The fraction of sp³-hybridized carbons (Fsp3) is 0.312. The summed E-state index contributed by atoms with van der Waals surface area (Å²) in [7, 11) is 0. The Balaban J connectivity index is 1.89. The molecule has 20 heavy (non-hydrogen) atoms. The highest BCUT2D eigenvalue weighted by atomic mass is 35.5. The highest BCUT2D eigenvalue weighted by molar-refractivity contribution is 6.30. The summed E-state index contributed by atoms with van der Waals surface area (Å²) < 4.78 is 5.03. The number of halogens is 1. The van der Waals surface area contributed by atoms with E-state index in [4.69, 9.17) is 16.3 Å². The van der Waals surface area contributed by atoms with Crippen LogP contribution in [0.3, 0.4) is 0 Å². The number of hydrogen-bond acceptors (Lipinski definition) is 2. The second kappa shape index (κ2) is 5.33. The second-order valence-corrected chi connectivity index (χ2v) is 5.42. The van der Waals surface area contributed by atoms with E-state index in [1.807, 2.05) is 37.3 Å². The zero-order valence-corrected chi connectivity index (χ0v) is 12.0. The molecule has 1 aliphatic rings. The van der Waals surface area contributed by atoms with Crippen LogP contribution in [0.5, 0.6) is 0 Å². The van der Waals surface area contributed by atoms with E-state index in [2.05, 4.69) is 4.98 Å². The van der Waals surface area contributed by atoms with Crippen molar-refractivity contribution in [3.63, 3.8) is 0 Å². The number of H-pyrrole nitrogens is 1. The van der Waals surface area contributed by atoms with Crippen molar-refractivity contribution < 1.29 is 9.53 Å². The molecule has 0 bridgehead atoms. The molecule has 1 aliphatic carbocycles. The van der Waals surface area contributed by atoms with Crippen LogP contribution >= 0.6 is 11.6 Å². The lowest BCUT2D eigenvalue weighted by molar-refractivity contribution is 0.0520. The van der Waals surface area contributed by atoms with Gasteiger partial charge in [0.05, 0.1) is 6.61 Å². The van der Waals surface area contributed by atoms with E-state index in [1.165, 1.54) is 11.1 Å². The molecule has 1 heterocycles. The van der Waals surface area contributed by atoms with E-state index in [9.17, 15) is 4.79 Å². The molecule has 104 valence electrons. The summed E-state index contributed by atoms with van der Waals surface area (Å²) in [4.78, 5) is 15.0. The smallest absolute Gasteiger partial charge is 0.354 e. The molecule has 1 atom stereocenters. The van der Waals surface area contributed by atoms with Crippen LogP contribution in [0.2, 0.25) is 5.02 Å². The number of fused-ring (bicyclic) bond motifs is 1. The van der Waals surface area contributed by atoms with Gasteiger partial charge in [0.2, 0.25) is 0 Å². The Hall–Kier alpha value is -1.74. The van der Waals surface area contributed by atoms with Gasteiger partial charge in [0.25, 0.3) is 0 Å². The Morgan fingerprint density at radius 1 is 1.40 bits per heavy atom. The van der Waals surface area contributed by atoms with E-state index in [0.29, 0.717) is 18.2 Å². The minimum absolute atomic E-state index is 0.281. The van der Waals surface area contributed by atoms with Crippen LogP contribution in [0.4, 0.5) is 0 Å². The van der Waals surface area contributed by atoms with Gasteiger partial charge in [0.1, 0.15) is 5.69 Å². The van der Waals surface area contributed by atoms with E-state index < -0.39 is 0 Å². The summed E-state index contributed by atoms with van der Waals surface area (Å²) in [6.45, 7) is 2.20. The van der Waals surface area contributed by atoms with Crippen LogP contribution in [-0.2, 0) is 11.2 Å². The predicted molar refractivity (Wildman–Crippen MR) is 78.4 cm³/mol. The molecular formula is C16H16ClNO2. The van der Waals surface area contributed by atoms with Gasteiger partial charge in [-0.15, -0.1) is 0 Å². The number of aromatic nitrogens is 1. The quantitative estimate of drug-likeness (QED) is 0.870. The molecule has 2 aromatic rings. The summed E-state index contributed by atoms with van der Waals surface area (Å²) in [6, 6.07) is 9.83. The number of benzene rings is 1. The number of esters is 1. The first-order valence-electron chi connectivity index (χ1n) is 6.83. The molecule has 3 nitrogen and oxygen atoms in total. The first-order valence-corrected chi connectivity index (χ1v) is 7.21. The van der Waals surface area contributed by atoms with Gasteiger partial charge in [-0.2, -0.15) is 0 Å². The summed E-state index contributed by atoms with van der Waals surface area (Å²) in [6.07, 6.45) is 2.05. The Morgan fingerprint density at radius 3 is 2.85 bits per heavy atom. The van der Waals surface area contributed by atoms with Crippen LogP contribution in [0.25, 0.3) is 0 Å². The summed E-state index contributed by atoms with van der Waals surface area (Å²) in [5, 5.41) is 0.741. The topological polar surface area (TPSA) is 42.1 Å². The Kier molecular flexibility index (Phi) is 3.53. The second-order valence-electron chi connectivity index (χ2n) is 4.99. The van der Waals surface area contributed by atoms with Crippen molar-refractivity contribution in [2.24, 2.45) is 0 Å². The lowest BCUT2D eigenvalue weighted by Gasteiger charge is -2.11. The van der Waals surface area contributed by atoms with Gasteiger partial charge in [0.15, 0.2) is 0 Å². The summed E-state index contributed by atoms with van der Waals surface area (Å²) in [5.41, 5.74) is 4.13. The van der Waals surface area contributed by atoms with E-state index in [1.54, 1.807) is 0 Å². The molecule has 1 N–H and O–H groups in total. The van der Waals surface area contributed by atoms with Crippen molar-refractivity contribution in [3.05, 3.63) is 57.9 Å². The number of hydrogen-bond donors (Lipinski definition) is 1. The minimum Gasteiger partial charge on any atom is -0.461 e. The lowest BCUT2D eigenvalue weighted by atomic mass is 9.97. The average molecular weight is 290 g/mol. The Labute approximate surface area is 122 Å². The number of aryl methyl sites for hydroxylation is 1. The molecule has 0 saturated heterocycles. The lowest BCUT2D eigenvalue weighted by Crippen LogP contribution is -2.06. The number of aromatic amines is 1. The molecule has 0 spiro atoms. The summed E-state index contributed by atoms with van der Waals surface area (Å²) >= 11 is 5.93. The maximum absolute atomic E-state index is 11.8. The zero-order valence-electron chi connectivity index (χ0n) is 11.3. The largest absolute Gasteiger partial charge is 0.461 e. The van der Waals surface area contributed by atoms with Gasteiger partial charge in [-0.25, -0.2) is 4.79 Å². The van der Waals surface area contributed by atoms with Crippen molar-refractivity contribution in [3.8, 4) is 0 Å². The van der Waals surface area contributed by atoms with Crippen molar-refractivity contribution in [2.45, 2.75) is 25.7 Å². The van der Waals surface area contributed by atoms with E-state index in [0.717, 1.165) is 23.6 Å². The van der Waals surface area contributed by atoms with Crippen LogP contribution in [0, 0.1) is 0 Å². The maximum atomic E-state index is 11.8. The van der Waals surface area contributed by atoms with Crippen LogP contribution in [0.15, 0.2) is 30.3 Å². The first-order chi connectivity index (χ1) is 9.69. The van der Waals surface area contributed by atoms with Gasteiger partial charge in [-0.3, -0.25) is 0 Å². The van der Waals surface area contributed by atoms with Crippen molar-refractivity contribution >= 4 is 17.6 Å². The molecule has 4 heteroatoms. The molecular weight excluding hydrogens is 274 g/mol. The van der Waals surface area contributed by atoms with Crippen LogP contribution in [0.1, 0.15) is 46.6 Å². The summed E-state index contributed by atoms with van der Waals surface area (Å²) in [5.74, 6) is 0.0298. The number of rotatable bonds is 3. The molecule has 0 amide bonds. The van der Waals surface area contributed by atoms with Crippen molar-refractivity contribution in [1.82, 2.24) is 4.98 Å². The standard InChI is InChI=1S/C16H16ClNO2/c1-2-20-16(19)14-9-11-5-8-13(15(11)18-14)10-3-6-12(17)7-4-10/h3-4,6-7,9,13,18H,2,5,8H2,1H3. The normalized spacial score (nSPS) is 17.0. The van der Waals surface area contributed by atoms with Crippen molar-refractivity contribution in [1.29, 1.82) is 0 Å². The third-order valence-electron chi connectivity index (χ3n) is 3.75. The van der Waals surface area contributed by atoms with E-state index in [-0.39, 0.29) is 5.97 Å². The third kappa shape index (κ3) is 2.34. The predicted octanol–water partition coefficient (Wildman–Crippen LogP) is 3.92. The molecule has 0 aliphatic heterocycles. The average Bonchev–Trinajstić information content (AvgIpc) is 3.00. The molecule has 3 rings (SSSR count). The molecule has 0 saturated carbocycles. The first kappa shape index (κ1) is 13.3. The van der Waals surface area contributed by atoms with Gasteiger partial charge in [-0.1, -0.05) is 23.7 Å². The van der Waals surface area contributed by atoms with Gasteiger partial charge in [0, 0.05) is 16.6 Å². The minimum atomic E-state index is -0.281. The number of carbonyl (C=O) groups is 1. The van der Waals surface area contributed by atoms with Gasteiger partial charge in [-0.05, 0) is 49.1 Å². The molecule has 1 aromatic heterocycles. The Morgan fingerprint density at radius 2 is 2.15 bits per heavy atom. The number of ether oxygens (including phenoxy) is 1. The van der Waals surface area contributed by atoms with Crippen LogP contribution < -0.4 is 0 Å². The highest BCUT2D eigenvalue weighted by Crippen LogP contribution is 2.38. The highest BCUT2D eigenvalue weighted by Gasteiger charge is 2.27. The van der Waals surface area contributed by atoms with Gasteiger partial charge < -0.3 is 9.72 Å². The molecule has 1 unspecified atom stereocenters. The number of nitrogens with one attached hydrogen (secondary N) is 1. The maximum Gasteiger partial charge on any atom is 0.354 e. The SMILES string of the molecule is CCOC(=O)c1cc2c([nH]1)C(c1ccc(Cl)cc1)CC2. The fourth-order valence-electron chi connectivity index (χ4n) is 2.82. The Bertz CT molecular complexity index is 630. The molecule has 0 fully saturated rings. The zero-order chi connectivity index (χ0) is 14.1. The van der Waals surface area contributed by atoms with E-state index >= 15 is 0 Å². The fourth-order valence-corrected chi connectivity index (χ4v) is 2.95. The molecule has 1 aromatic carbocycles. The molecule has 0 radical (unpaired) electrons. The van der Waals surface area contributed by atoms with Gasteiger partial charge >= 0.3 is 5.97 Å². The number of carbonyl (C=O) groups excluding carboxylic acids is 1. The van der Waals surface area contributed by atoms with Crippen molar-refractivity contribution in [2.75, 3.05) is 6.61 Å².